The predicted octanol–water partition coefficient (Wildman–Crippen LogP) is 1.26. The van der Waals surface area contributed by atoms with Crippen molar-refractivity contribution in [2.24, 2.45) is 0 Å². The van der Waals surface area contributed by atoms with Gasteiger partial charge in [-0.1, -0.05) is 30.3 Å². The molecule has 0 N–H and O–H groups in total. The molecule has 0 radical (unpaired) electrons. The molecule has 0 aromatic heterocycles. The van der Waals surface area contributed by atoms with Gasteiger partial charge in [-0.05, 0) is 19.4 Å². The number of nitrogens with zero attached hydrogens (tertiary/aromatic N) is 2. The number of likely N-dealkylation sites (N-methyl/N-ethyl adjacent to an activating group) is 1. The molecule has 2 rings (SSSR count). The fourth-order valence-corrected chi connectivity index (χ4v) is 2.31. The summed E-state index contributed by atoms with van der Waals surface area (Å²) in [7, 11) is 1.77. The zero-order valence-corrected chi connectivity index (χ0v) is 11.7. The van der Waals surface area contributed by atoms with E-state index in [0.717, 1.165) is 5.56 Å². The van der Waals surface area contributed by atoms with E-state index >= 15 is 0 Å². The van der Waals surface area contributed by atoms with E-state index in [-0.39, 0.29) is 18.4 Å². The first-order chi connectivity index (χ1) is 8.93. The Morgan fingerprint density at radius 1 is 1.16 bits per heavy atom. The molecule has 0 atom stereocenters. The molecule has 1 saturated heterocycles. The highest BCUT2D eigenvalue weighted by Crippen LogP contribution is 2.26. The maximum atomic E-state index is 12.6. The Morgan fingerprint density at radius 2 is 1.79 bits per heavy atom. The van der Waals surface area contributed by atoms with E-state index in [1.165, 1.54) is 0 Å². The Hall–Kier alpha value is -1.84. The second-order valence-corrected chi connectivity index (χ2v) is 5.53. The number of hydrogen-bond acceptors (Lipinski definition) is 2. The lowest BCUT2D eigenvalue weighted by Gasteiger charge is -2.37. The lowest BCUT2D eigenvalue weighted by Crippen LogP contribution is -2.54. The van der Waals surface area contributed by atoms with Crippen LogP contribution in [0.15, 0.2) is 30.3 Å². The summed E-state index contributed by atoms with van der Waals surface area (Å²) in [5.74, 6) is 0.0172. The van der Waals surface area contributed by atoms with Crippen molar-refractivity contribution in [3.63, 3.8) is 0 Å². The van der Waals surface area contributed by atoms with E-state index in [1.54, 1.807) is 16.8 Å². The Kier molecular flexibility index (Phi) is 3.60. The molecular weight excluding hydrogens is 240 g/mol. The van der Waals surface area contributed by atoms with Crippen LogP contribution in [0.5, 0.6) is 0 Å². The number of rotatable bonds is 2. The van der Waals surface area contributed by atoms with Crippen LogP contribution in [-0.4, -0.2) is 48.3 Å². The first-order valence-corrected chi connectivity index (χ1v) is 6.52. The normalized spacial score (nSPS) is 16.7. The molecule has 0 spiro atoms. The van der Waals surface area contributed by atoms with E-state index in [2.05, 4.69) is 0 Å². The molecule has 2 amide bonds. The van der Waals surface area contributed by atoms with Gasteiger partial charge in [0.2, 0.25) is 11.8 Å². The summed E-state index contributed by atoms with van der Waals surface area (Å²) in [4.78, 5) is 27.7. The molecule has 1 fully saturated rings. The van der Waals surface area contributed by atoms with Crippen LogP contribution in [0.4, 0.5) is 0 Å². The Labute approximate surface area is 114 Å². The molecule has 0 saturated carbocycles. The molecule has 4 heteroatoms. The van der Waals surface area contributed by atoms with Crippen LogP contribution < -0.4 is 0 Å². The predicted molar refractivity (Wildman–Crippen MR) is 73.7 cm³/mol. The summed E-state index contributed by atoms with van der Waals surface area (Å²) in [5.41, 5.74) is 0.378. The number of carbonyl (C=O) groups is 2. The van der Waals surface area contributed by atoms with Crippen molar-refractivity contribution in [3.05, 3.63) is 35.9 Å². The van der Waals surface area contributed by atoms with Crippen LogP contribution >= 0.6 is 0 Å². The number of carbonyl (C=O) groups excluding carboxylic acids is 2. The first kappa shape index (κ1) is 13.6. The van der Waals surface area contributed by atoms with E-state index in [4.69, 9.17) is 0 Å². The van der Waals surface area contributed by atoms with Crippen LogP contribution in [0.1, 0.15) is 19.4 Å². The molecule has 1 aromatic carbocycles. The van der Waals surface area contributed by atoms with Crippen molar-refractivity contribution in [3.8, 4) is 0 Å². The van der Waals surface area contributed by atoms with E-state index in [9.17, 15) is 9.59 Å². The van der Waals surface area contributed by atoms with Crippen molar-refractivity contribution in [1.29, 1.82) is 0 Å². The van der Waals surface area contributed by atoms with Crippen LogP contribution in [0.2, 0.25) is 0 Å². The third-order valence-corrected chi connectivity index (χ3v) is 3.77. The second-order valence-electron chi connectivity index (χ2n) is 5.53. The fourth-order valence-electron chi connectivity index (χ4n) is 2.31. The van der Waals surface area contributed by atoms with Gasteiger partial charge in [0, 0.05) is 20.1 Å². The summed E-state index contributed by atoms with van der Waals surface area (Å²) < 4.78 is 0. The summed E-state index contributed by atoms with van der Waals surface area (Å²) in [6.45, 7) is 5.22. The van der Waals surface area contributed by atoms with Gasteiger partial charge in [-0.2, -0.15) is 0 Å². The number of benzene rings is 1. The van der Waals surface area contributed by atoms with Gasteiger partial charge in [-0.3, -0.25) is 9.59 Å². The minimum Gasteiger partial charge on any atom is -0.342 e. The molecule has 0 aliphatic carbocycles. The fraction of sp³-hybridized carbons (Fsp3) is 0.467. The van der Waals surface area contributed by atoms with Crippen molar-refractivity contribution in [2.45, 2.75) is 19.3 Å². The molecule has 4 nitrogen and oxygen atoms in total. The average Bonchev–Trinajstić information content (AvgIpc) is 2.42. The van der Waals surface area contributed by atoms with Gasteiger partial charge in [-0.15, -0.1) is 0 Å². The van der Waals surface area contributed by atoms with Gasteiger partial charge >= 0.3 is 0 Å². The van der Waals surface area contributed by atoms with Crippen LogP contribution in [-0.2, 0) is 15.0 Å². The minimum absolute atomic E-state index is 0.00321. The summed E-state index contributed by atoms with van der Waals surface area (Å²) in [6, 6.07) is 9.70. The van der Waals surface area contributed by atoms with E-state index < -0.39 is 5.41 Å². The number of hydrogen-bond donors (Lipinski definition) is 0. The zero-order chi connectivity index (χ0) is 14.0. The third kappa shape index (κ3) is 2.62. The van der Waals surface area contributed by atoms with Crippen molar-refractivity contribution in [1.82, 2.24) is 9.80 Å². The quantitative estimate of drug-likeness (QED) is 0.803. The summed E-state index contributed by atoms with van der Waals surface area (Å²) in [5, 5.41) is 0. The topological polar surface area (TPSA) is 40.6 Å². The molecule has 0 unspecified atom stereocenters. The highest BCUT2D eigenvalue weighted by atomic mass is 16.2. The Bertz CT molecular complexity index is 482. The lowest BCUT2D eigenvalue weighted by molar-refractivity contribution is -0.147. The highest BCUT2D eigenvalue weighted by molar-refractivity contribution is 5.91. The monoisotopic (exact) mass is 260 g/mol. The van der Waals surface area contributed by atoms with Gasteiger partial charge in [0.05, 0.1) is 12.0 Å². The number of piperazine rings is 1. The highest BCUT2D eigenvalue weighted by Gasteiger charge is 2.36. The largest absolute Gasteiger partial charge is 0.342 e. The standard InChI is InChI=1S/C15H20N2O2/c1-15(2,12-7-5-4-6-8-12)14(19)17-10-9-16(3)13(18)11-17/h4-8H,9-11H2,1-3H3. The SMILES string of the molecule is CN1CCN(C(=O)C(C)(C)c2ccccc2)CC1=O. The molecule has 0 bridgehead atoms. The molecule has 1 aromatic rings. The summed E-state index contributed by atoms with van der Waals surface area (Å²) >= 11 is 0. The molecular formula is C15H20N2O2. The van der Waals surface area contributed by atoms with Crippen molar-refractivity contribution < 1.29 is 9.59 Å². The van der Waals surface area contributed by atoms with Crippen LogP contribution in [0.25, 0.3) is 0 Å². The maximum absolute atomic E-state index is 12.6. The molecule has 1 aliphatic rings. The van der Waals surface area contributed by atoms with E-state index in [0.29, 0.717) is 13.1 Å². The van der Waals surface area contributed by atoms with Crippen LogP contribution in [0.3, 0.4) is 0 Å². The van der Waals surface area contributed by atoms with Crippen molar-refractivity contribution in [2.75, 3.05) is 26.7 Å². The van der Waals surface area contributed by atoms with Crippen molar-refractivity contribution >= 4 is 11.8 Å². The first-order valence-electron chi connectivity index (χ1n) is 6.52. The Morgan fingerprint density at radius 3 is 2.37 bits per heavy atom. The maximum Gasteiger partial charge on any atom is 0.241 e. The van der Waals surface area contributed by atoms with Gasteiger partial charge in [0.25, 0.3) is 0 Å². The smallest absolute Gasteiger partial charge is 0.241 e. The second kappa shape index (κ2) is 5.03. The van der Waals surface area contributed by atoms with E-state index in [1.807, 2.05) is 44.2 Å². The molecule has 19 heavy (non-hydrogen) atoms. The molecule has 102 valence electrons. The lowest BCUT2D eigenvalue weighted by atomic mass is 9.83. The minimum atomic E-state index is -0.600. The third-order valence-electron chi connectivity index (χ3n) is 3.77. The zero-order valence-electron chi connectivity index (χ0n) is 11.7. The molecule has 1 aliphatic heterocycles. The molecule has 1 heterocycles. The number of amides is 2. The van der Waals surface area contributed by atoms with Gasteiger partial charge in [-0.25, -0.2) is 0 Å². The summed E-state index contributed by atoms with van der Waals surface area (Å²) in [6.07, 6.45) is 0. The van der Waals surface area contributed by atoms with Gasteiger partial charge < -0.3 is 9.80 Å². The average molecular weight is 260 g/mol. The Balaban J connectivity index is 2.17. The van der Waals surface area contributed by atoms with Gasteiger partial charge in [0.15, 0.2) is 0 Å². The van der Waals surface area contributed by atoms with Crippen LogP contribution in [0, 0.1) is 0 Å². The van der Waals surface area contributed by atoms with Gasteiger partial charge in [0.1, 0.15) is 0 Å².